The van der Waals surface area contributed by atoms with Gasteiger partial charge in [-0.2, -0.15) is 0 Å². The minimum Gasteiger partial charge on any atom is -0.494 e. The zero-order valence-electron chi connectivity index (χ0n) is 17.9. The molecule has 0 atom stereocenters. The lowest BCUT2D eigenvalue weighted by Gasteiger charge is -2.11. The number of benzene rings is 2. The summed E-state index contributed by atoms with van der Waals surface area (Å²) in [7, 11) is 0. The van der Waals surface area contributed by atoms with Gasteiger partial charge < -0.3 is 20.1 Å². The van der Waals surface area contributed by atoms with Crippen LogP contribution in [-0.2, 0) is 4.79 Å². The number of carbonyl (C=O) groups excluding carboxylic acids is 1. The second-order valence-corrected chi connectivity index (χ2v) is 7.57. The summed E-state index contributed by atoms with van der Waals surface area (Å²) in [6.07, 6.45) is 4.69. The predicted octanol–water partition coefficient (Wildman–Crippen LogP) is 5.73. The monoisotopic (exact) mass is 398 g/mol. The second kappa shape index (κ2) is 12.7. The standard InChI is InChI=1S/C24H34N2O3/c1-4-5-6-7-15-28-23-10-8-9-21(16-23)26-24(27)17-25-20-11-13-22(14-12-20)29-18-19(2)3/h8-14,16,19,25H,4-7,15,17-18H2,1-3H3,(H,26,27). The molecule has 2 aromatic rings. The minimum absolute atomic E-state index is 0.106. The molecule has 158 valence electrons. The van der Waals surface area contributed by atoms with Gasteiger partial charge in [0.25, 0.3) is 0 Å². The molecule has 0 unspecified atom stereocenters. The van der Waals surface area contributed by atoms with Gasteiger partial charge in [0, 0.05) is 17.4 Å². The molecule has 0 bridgehead atoms. The Morgan fingerprint density at radius 2 is 1.72 bits per heavy atom. The van der Waals surface area contributed by atoms with Crippen molar-refractivity contribution in [1.29, 1.82) is 0 Å². The van der Waals surface area contributed by atoms with E-state index in [0.29, 0.717) is 19.1 Å². The summed E-state index contributed by atoms with van der Waals surface area (Å²) in [6, 6.07) is 15.2. The fourth-order valence-corrected chi connectivity index (χ4v) is 2.70. The molecule has 0 saturated carbocycles. The summed E-state index contributed by atoms with van der Waals surface area (Å²) in [5, 5.41) is 6.03. The fraction of sp³-hybridized carbons (Fsp3) is 0.458. The van der Waals surface area contributed by atoms with Crippen LogP contribution in [0.15, 0.2) is 48.5 Å². The SMILES string of the molecule is CCCCCCOc1cccc(NC(=O)CNc2ccc(OCC(C)C)cc2)c1. The lowest BCUT2D eigenvalue weighted by atomic mass is 10.2. The van der Waals surface area contributed by atoms with E-state index < -0.39 is 0 Å². The second-order valence-electron chi connectivity index (χ2n) is 7.57. The highest BCUT2D eigenvalue weighted by Gasteiger charge is 2.04. The van der Waals surface area contributed by atoms with Crippen molar-refractivity contribution in [2.45, 2.75) is 46.5 Å². The summed E-state index contributed by atoms with van der Waals surface area (Å²) in [4.78, 5) is 12.2. The van der Waals surface area contributed by atoms with E-state index in [1.165, 1.54) is 19.3 Å². The Morgan fingerprint density at radius 1 is 0.931 bits per heavy atom. The number of hydrogen-bond donors (Lipinski definition) is 2. The number of unbranched alkanes of at least 4 members (excludes halogenated alkanes) is 3. The molecule has 0 aliphatic carbocycles. The highest BCUT2D eigenvalue weighted by molar-refractivity contribution is 5.93. The van der Waals surface area contributed by atoms with Crippen LogP contribution in [-0.4, -0.2) is 25.7 Å². The third kappa shape index (κ3) is 9.37. The predicted molar refractivity (Wildman–Crippen MR) is 120 cm³/mol. The topological polar surface area (TPSA) is 59.6 Å². The Morgan fingerprint density at radius 3 is 2.45 bits per heavy atom. The average molecular weight is 399 g/mol. The quantitative estimate of drug-likeness (QED) is 0.423. The van der Waals surface area contributed by atoms with Gasteiger partial charge in [-0.15, -0.1) is 0 Å². The first-order valence-corrected chi connectivity index (χ1v) is 10.6. The van der Waals surface area contributed by atoms with Crippen molar-refractivity contribution in [2.75, 3.05) is 30.4 Å². The van der Waals surface area contributed by atoms with Crippen LogP contribution in [0.5, 0.6) is 11.5 Å². The molecule has 0 aliphatic rings. The highest BCUT2D eigenvalue weighted by Crippen LogP contribution is 2.19. The van der Waals surface area contributed by atoms with E-state index in [9.17, 15) is 4.79 Å². The van der Waals surface area contributed by atoms with Crippen LogP contribution >= 0.6 is 0 Å². The van der Waals surface area contributed by atoms with Gasteiger partial charge in [0.15, 0.2) is 0 Å². The lowest BCUT2D eigenvalue weighted by molar-refractivity contribution is -0.114. The molecule has 2 rings (SSSR count). The summed E-state index contributed by atoms with van der Waals surface area (Å²) < 4.78 is 11.4. The van der Waals surface area contributed by atoms with E-state index in [1.54, 1.807) is 0 Å². The van der Waals surface area contributed by atoms with Crippen molar-refractivity contribution < 1.29 is 14.3 Å². The van der Waals surface area contributed by atoms with Gasteiger partial charge in [-0.05, 0) is 48.7 Å². The zero-order chi connectivity index (χ0) is 20.9. The molecular formula is C24H34N2O3. The third-order valence-corrected chi connectivity index (χ3v) is 4.28. The van der Waals surface area contributed by atoms with E-state index in [-0.39, 0.29) is 12.5 Å². The number of rotatable bonds is 13. The van der Waals surface area contributed by atoms with Crippen LogP contribution in [0, 0.1) is 5.92 Å². The molecule has 5 heteroatoms. The molecule has 0 heterocycles. The molecule has 29 heavy (non-hydrogen) atoms. The first-order chi connectivity index (χ1) is 14.1. The number of hydrogen-bond acceptors (Lipinski definition) is 4. The maximum Gasteiger partial charge on any atom is 0.243 e. The molecular weight excluding hydrogens is 364 g/mol. The van der Waals surface area contributed by atoms with E-state index in [1.807, 2.05) is 48.5 Å². The molecule has 0 aliphatic heterocycles. The van der Waals surface area contributed by atoms with Gasteiger partial charge in [-0.25, -0.2) is 0 Å². The fourth-order valence-electron chi connectivity index (χ4n) is 2.70. The Balaban J connectivity index is 1.74. The first kappa shape index (κ1) is 22.6. The van der Waals surface area contributed by atoms with Crippen LogP contribution in [0.3, 0.4) is 0 Å². The van der Waals surface area contributed by atoms with Crippen molar-refractivity contribution in [1.82, 2.24) is 0 Å². The smallest absolute Gasteiger partial charge is 0.243 e. The summed E-state index contributed by atoms with van der Waals surface area (Å²) in [6.45, 7) is 8.01. The summed E-state index contributed by atoms with van der Waals surface area (Å²) in [5.41, 5.74) is 1.61. The lowest BCUT2D eigenvalue weighted by Crippen LogP contribution is -2.21. The molecule has 0 aromatic heterocycles. The van der Waals surface area contributed by atoms with Gasteiger partial charge in [-0.1, -0.05) is 46.1 Å². The average Bonchev–Trinajstić information content (AvgIpc) is 2.71. The summed E-state index contributed by atoms with van der Waals surface area (Å²) in [5.74, 6) is 2.00. The molecule has 1 amide bonds. The van der Waals surface area contributed by atoms with Crippen molar-refractivity contribution in [3.05, 3.63) is 48.5 Å². The Bertz CT molecular complexity index is 729. The van der Waals surface area contributed by atoms with E-state index >= 15 is 0 Å². The molecule has 2 aromatic carbocycles. The number of anilines is 2. The first-order valence-electron chi connectivity index (χ1n) is 10.6. The number of nitrogens with one attached hydrogen (secondary N) is 2. The number of carbonyl (C=O) groups is 1. The molecule has 0 spiro atoms. The van der Waals surface area contributed by atoms with Crippen LogP contribution in [0.4, 0.5) is 11.4 Å². The van der Waals surface area contributed by atoms with E-state index in [2.05, 4.69) is 31.4 Å². The van der Waals surface area contributed by atoms with Gasteiger partial charge in [0.2, 0.25) is 5.91 Å². The zero-order valence-corrected chi connectivity index (χ0v) is 17.9. The third-order valence-electron chi connectivity index (χ3n) is 4.28. The molecule has 0 fully saturated rings. The van der Waals surface area contributed by atoms with Crippen LogP contribution < -0.4 is 20.1 Å². The number of amides is 1. The highest BCUT2D eigenvalue weighted by atomic mass is 16.5. The maximum absolute atomic E-state index is 12.2. The van der Waals surface area contributed by atoms with E-state index in [4.69, 9.17) is 9.47 Å². The number of ether oxygens (including phenoxy) is 2. The summed E-state index contributed by atoms with van der Waals surface area (Å²) >= 11 is 0. The largest absolute Gasteiger partial charge is 0.494 e. The minimum atomic E-state index is -0.106. The van der Waals surface area contributed by atoms with Gasteiger partial charge in [0.05, 0.1) is 19.8 Å². The van der Waals surface area contributed by atoms with Crippen molar-refractivity contribution >= 4 is 17.3 Å². The maximum atomic E-state index is 12.2. The van der Waals surface area contributed by atoms with Gasteiger partial charge in [-0.3, -0.25) is 4.79 Å². The normalized spacial score (nSPS) is 10.6. The van der Waals surface area contributed by atoms with Gasteiger partial charge in [0.1, 0.15) is 11.5 Å². The van der Waals surface area contributed by atoms with Crippen molar-refractivity contribution in [3.63, 3.8) is 0 Å². The Labute approximate surface area is 174 Å². The van der Waals surface area contributed by atoms with Crippen molar-refractivity contribution in [2.24, 2.45) is 5.92 Å². The molecule has 0 saturated heterocycles. The van der Waals surface area contributed by atoms with Gasteiger partial charge >= 0.3 is 0 Å². The molecule has 0 radical (unpaired) electrons. The van der Waals surface area contributed by atoms with Crippen molar-refractivity contribution in [3.8, 4) is 11.5 Å². The van der Waals surface area contributed by atoms with Crippen LogP contribution in [0.1, 0.15) is 46.5 Å². The Kier molecular flexibility index (Phi) is 9.90. The Hall–Kier alpha value is -2.69. The molecule has 5 nitrogen and oxygen atoms in total. The van der Waals surface area contributed by atoms with E-state index in [0.717, 1.165) is 29.3 Å². The van der Waals surface area contributed by atoms with Crippen LogP contribution in [0.2, 0.25) is 0 Å². The molecule has 2 N–H and O–H groups in total. The van der Waals surface area contributed by atoms with Crippen LogP contribution in [0.25, 0.3) is 0 Å².